The fourth-order valence-electron chi connectivity index (χ4n) is 1.83. The molecular weight excluding hydrogens is 188 g/mol. The van der Waals surface area contributed by atoms with Crippen molar-refractivity contribution < 1.29 is 24.2 Å². The summed E-state index contributed by atoms with van der Waals surface area (Å²) in [6.07, 6.45) is 1.88. The summed E-state index contributed by atoms with van der Waals surface area (Å²) in [5, 5.41) is 8.71. The summed E-state index contributed by atoms with van der Waals surface area (Å²) in [5.74, 6) is -3.20. The van der Waals surface area contributed by atoms with E-state index in [9.17, 15) is 14.4 Å². The van der Waals surface area contributed by atoms with Crippen molar-refractivity contribution in [1.82, 2.24) is 0 Å². The Morgan fingerprint density at radius 2 is 2.00 bits per heavy atom. The molecule has 0 aromatic carbocycles. The minimum absolute atomic E-state index is 0.102. The number of esters is 2. The van der Waals surface area contributed by atoms with Crippen LogP contribution in [0.15, 0.2) is 11.6 Å². The van der Waals surface area contributed by atoms with Crippen molar-refractivity contribution in [3.05, 3.63) is 11.6 Å². The van der Waals surface area contributed by atoms with Crippen molar-refractivity contribution >= 4 is 17.9 Å². The maximum atomic E-state index is 11.1. The molecule has 2 rings (SSSR count). The Hall–Kier alpha value is -1.65. The zero-order valence-electron chi connectivity index (χ0n) is 7.23. The van der Waals surface area contributed by atoms with Crippen LogP contribution >= 0.6 is 0 Å². The van der Waals surface area contributed by atoms with Crippen molar-refractivity contribution in [2.24, 2.45) is 11.8 Å². The number of carboxylic acid groups (broad SMARTS) is 1. The number of fused-ring (bicyclic) bond motifs is 1. The van der Waals surface area contributed by atoms with Crippen LogP contribution in [0.3, 0.4) is 0 Å². The minimum atomic E-state index is -1.03. The fraction of sp³-hybridized carbons (Fsp3) is 0.444. The normalized spacial score (nSPS) is 30.7. The van der Waals surface area contributed by atoms with Gasteiger partial charge in [0.1, 0.15) is 0 Å². The number of aliphatic carboxylic acids is 1. The quantitative estimate of drug-likeness (QED) is 0.475. The Kier molecular flexibility index (Phi) is 1.87. The SMILES string of the molecule is O=C(O)C1=CCC2C(=O)OC(=O)C2C1. The second-order valence-corrected chi connectivity index (χ2v) is 3.43. The van der Waals surface area contributed by atoms with Gasteiger partial charge in [0, 0.05) is 5.57 Å². The van der Waals surface area contributed by atoms with Crippen LogP contribution in [0.4, 0.5) is 0 Å². The van der Waals surface area contributed by atoms with E-state index in [0.717, 1.165) is 0 Å². The highest BCUT2D eigenvalue weighted by molar-refractivity contribution is 5.98. The predicted molar refractivity (Wildman–Crippen MR) is 43.0 cm³/mol. The first-order chi connectivity index (χ1) is 6.59. The summed E-state index contributed by atoms with van der Waals surface area (Å²) in [6.45, 7) is 0. The third-order valence-corrected chi connectivity index (χ3v) is 2.63. The molecule has 2 unspecified atom stereocenters. The third-order valence-electron chi connectivity index (χ3n) is 2.63. The van der Waals surface area contributed by atoms with E-state index in [1.807, 2.05) is 0 Å². The van der Waals surface area contributed by atoms with Gasteiger partial charge in [-0.3, -0.25) is 9.59 Å². The molecule has 0 aromatic rings. The molecule has 1 fully saturated rings. The lowest BCUT2D eigenvalue weighted by atomic mass is 9.81. The van der Waals surface area contributed by atoms with E-state index in [1.54, 1.807) is 0 Å². The van der Waals surface area contributed by atoms with E-state index < -0.39 is 29.7 Å². The average molecular weight is 196 g/mol. The van der Waals surface area contributed by atoms with Gasteiger partial charge in [-0.05, 0) is 12.8 Å². The first-order valence-corrected chi connectivity index (χ1v) is 4.27. The molecule has 5 heteroatoms. The molecular formula is C9H8O5. The van der Waals surface area contributed by atoms with Crippen molar-refractivity contribution in [2.75, 3.05) is 0 Å². The molecule has 0 bridgehead atoms. The van der Waals surface area contributed by atoms with Crippen molar-refractivity contribution in [3.63, 3.8) is 0 Å². The topological polar surface area (TPSA) is 80.7 Å². The maximum Gasteiger partial charge on any atom is 0.331 e. The number of ether oxygens (including phenoxy) is 1. The van der Waals surface area contributed by atoms with Crippen LogP contribution in [0.5, 0.6) is 0 Å². The second kappa shape index (κ2) is 2.94. The number of carbonyl (C=O) groups excluding carboxylic acids is 2. The Bertz CT molecular complexity index is 354. The summed E-state index contributed by atoms with van der Waals surface area (Å²) in [6, 6.07) is 0. The highest BCUT2D eigenvalue weighted by Gasteiger charge is 2.46. The highest BCUT2D eigenvalue weighted by atomic mass is 16.6. The van der Waals surface area contributed by atoms with E-state index in [1.165, 1.54) is 6.08 Å². The van der Waals surface area contributed by atoms with Crippen molar-refractivity contribution in [1.29, 1.82) is 0 Å². The molecule has 1 saturated heterocycles. The van der Waals surface area contributed by atoms with E-state index in [0.29, 0.717) is 0 Å². The average Bonchev–Trinajstić information content (AvgIpc) is 2.42. The van der Waals surface area contributed by atoms with Crippen LogP contribution < -0.4 is 0 Å². The summed E-state index contributed by atoms with van der Waals surface area (Å²) >= 11 is 0. The number of rotatable bonds is 1. The van der Waals surface area contributed by atoms with Gasteiger partial charge in [0.05, 0.1) is 11.8 Å². The van der Waals surface area contributed by atoms with E-state index in [-0.39, 0.29) is 18.4 Å². The molecule has 5 nitrogen and oxygen atoms in total. The van der Waals surface area contributed by atoms with Gasteiger partial charge in [0.25, 0.3) is 0 Å². The molecule has 0 amide bonds. The molecule has 14 heavy (non-hydrogen) atoms. The molecule has 1 N–H and O–H groups in total. The number of hydrogen-bond acceptors (Lipinski definition) is 4. The Balaban J connectivity index is 2.24. The number of hydrogen-bond donors (Lipinski definition) is 1. The Morgan fingerprint density at radius 3 is 2.64 bits per heavy atom. The van der Waals surface area contributed by atoms with Crippen LogP contribution in [0.25, 0.3) is 0 Å². The van der Waals surface area contributed by atoms with Gasteiger partial charge in [0.2, 0.25) is 0 Å². The zero-order valence-corrected chi connectivity index (χ0v) is 7.23. The lowest BCUT2D eigenvalue weighted by Crippen LogP contribution is -2.23. The second-order valence-electron chi connectivity index (χ2n) is 3.43. The molecule has 1 heterocycles. The summed E-state index contributed by atoms with van der Waals surface area (Å²) in [5.41, 5.74) is 0.193. The van der Waals surface area contributed by atoms with Crippen LogP contribution in [-0.4, -0.2) is 23.0 Å². The first kappa shape index (κ1) is 8.93. The van der Waals surface area contributed by atoms with Gasteiger partial charge in [-0.25, -0.2) is 4.79 Å². The van der Waals surface area contributed by atoms with Crippen LogP contribution in [0.1, 0.15) is 12.8 Å². The van der Waals surface area contributed by atoms with Crippen LogP contribution in [-0.2, 0) is 19.1 Å². The maximum absolute atomic E-state index is 11.1. The van der Waals surface area contributed by atoms with E-state index >= 15 is 0 Å². The zero-order chi connectivity index (χ0) is 10.3. The van der Waals surface area contributed by atoms with Gasteiger partial charge < -0.3 is 9.84 Å². The Morgan fingerprint density at radius 1 is 1.36 bits per heavy atom. The molecule has 0 aromatic heterocycles. The fourth-order valence-corrected chi connectivity index (χ4v) is 1.83. The molecule has 1 aliphatic heterocycles. The number of allylic oxidation sites excluding steroid dienone is 1. The summed E-state index contributed by atoms with van der Waals surface area (Å²) < 4.78 is 4.43. The Labute approximate surface area is 79.3 Å². The van der Waals surface area contributed by atoms with Gasteiger partial charge >= 0.3 is 17.9 Å². The van der Waals surface area contributed by atoms with Gasteiger partial charge in [0.15, 0.2) is 0 Å². The largest absolute Gasteiger partial charge is 0.478 e. The van der Waals surface area contributed by atoms with Gasteiger partial charge in [-0.15, -0.1) is 0 Å². The smallest absolute Gasteiger partial charge is 0.331 e. The third kappa shape index (κ3) is 1.21. The first-order valence-electron chi connectivity index (χ1n) is 4.27. The molecule has 0 saturated carbocycles. The van der Waals surface area contributed by atoms with Gasteiger partial charge in [-0.1, -0.05) is 6.08 Å². The molecule has 0 radical (unpaired) electrons. The number of cyclic esters (lactones) is 2. The van der Waals surface area contributed by atoms with Crippen molar-refractivity contribution in [3.8, 4) is 0 Å². The van der Waals surface area contributed by atoms with E-state index in [4.69, 9.17) is 5.11 Å². The lowest BCUT2D eigenvalue weighted by molar-refractivity contribution is -0.153. The molecule has 1 aliphatic carbocycles. The summed E-state index contributed by atoms with van der Waals surface area (Å²) in [7, 11) is 0. The van der Waals surface area contributed by atoms with Crippen molar-refractivity contribution in [2.45, 2.75) is 12.8 Å². The molecule has 2 aliphatic rings. The number of carbonyl (C=O) groups is 3. The van der Waals surface area contributed by atoms with E-state index in [2.05, 4.69) is 4.74 Å². The van der Waals surface area contributed by atoms with Gasteiger partial charge in [-0.2, -0.15) is 0 Å². The predicted octanol–water partition coefficient (Wildman–Crippen LogP) is 0.107. The number of carboxylic acids is 1. The minimum Gasteiger partial charge on any atom is -0.478 e. The lowest BCUT2D eigenvalue weighted by Gasteiger charge is -2.17. The van der Waals surface area contributed by atoms with Crippen LogP contribution in [0, 0.1) is 11.8 Å². The van der Waals surface area contributed by atoms with Crippen LogP contribution in [0.2, 0.25) is 0 Å². The highest BCUT2D eigenvalue weighted by Crippen LogP contribution is 2.36. The summed E-state index contributed by atoms with van der Waals surface area (Å²) in [4.78, 5) is 32.8. The molecule has 0 spiro atoms. The molecule has 2 atom stereocenters. The monoisotopic (exact) mass is 196 g/mol. The standard InChI is InChI=1S/C9H8O5/c10-7(11)4-1-2-5-6(3-4)9(13)14-8(5)12/h1,5-6H,2-3H2,(H,10,11). The molecule has 74 valence electrons.